The Labute approximate surface area is 120 Å². The third kappa shape index (κ3) is 4.12. The molecule has 0 spiro atoms. The van der Waals surface area contributed by atoms with E-state index in [0.717, 1.165) is 19.3 Å². The molecule has 0 unspecified atom stereocenters. The Balaban J connectivity index is 1.99. The second-order valence-electron chi connectivity index (χ2n) is 4.52. The summed E-state index contributed by atoms with van der Waals surface area (Å²) >= 11 is 0. The van der Waals surface area contributed by atoms with Crippen molar-refractivity contribution in [3.8, 4) is 0 Å². The van der Waals surface area contributed by atoms with Crippen LogP contribution in [0.5, 0.6) is 0 Å². The van der Waals surface area contributed by atoms with Gasteiger partial charge in [-0.2, -0.15) is 0 Å². The van der Waals surface area contributed by atoms with Crippen LogP contribution in [-0.4, -0.2) is 7.05 Å². The molecule has 0 aromatic carbocycles. The van der Waals surface area contributed by atoms with Crippen LogP contribution in [0.2, 0.25) is 0 Å². The minimum absolute atomic E-state index is 0.0888. The summed E-state index contributed by atoms with van der Waals surface area (Å²) < 4.78 is 19.2. The predicted octanol–water partition coefficient (Wildman–Crippen LogP) is 1.67. The SMILES string of the molecule is CCCCCc1oc(=O)oc1N(C)[N]Cc1coc(=O)o1. The van der Waals surface area contributed by atoms with E-state index in [9.17, 15) is 9.59 Å². The summed E-state index contributed by atoms with van der Waals surface area (Å²) in [7, 11) is 1.62. The van der Waals surface area contributed by atoms with E-state index in [4.69, 9.17) is 13.3 Å². The van der Waals surface area contributed by atoms with Gasteiger partial charge in [-0.1, -0.05) is 19.8 Å². The highest BCUT2D eigenvalue weighted by Crippen LogP contribution is 2.19. The van der Waals surface area contributed by atoms with Crippen LogP contribution in [0.25, 0.3) is 0 Å². The molecule has 115 valence electrons. The van der Waals surface area contributed by atoms with Crippen molar-refractivity contribution in [2.75, 3.05) is 12.1 Å². The van der Waals surface area contributed by atoms with Crippen molar-refractivity contribution in [1.82, 2.24) is 5.43 Å². The zero-order valence-corrected chi connectivity index (χ0v) is 12.0. The van der Waals surface area contributed by atoms with E-state index < -0.39 is 11.6 Å². The van der Waals surface area contributed by atoms with Crippen molar-refractivity contribution in [1.29, 1.82) is 0 Å². The minimum Gasteiger partial charge on any atom is -0.399 e. The van der Waals surface area contributed by atoms with E-state index in [1.165, 1.54) is 11.3 Å². The maximum Gasteiger partial charge on any atom is 0.520 e. The number of anilines is 1. The Morgan fingerprint density at radius 3 is 2.62 bits per heavy atom. The molecular formula is C13H17N2O6. The lowest BCUT2D eigenvalue weighted by molar-refractivity contribution is 0.363. The molecule has 0 bridgehead atoms. The molecule has 2 aromatic heterocycles. The Kier molecular flexibility index (Phi) is 5.04. The van der Waals surface area contributed by atoms with Crippen molar-refractivity contribution in [3.63, 3.8) is 0 Å². The van der Waals surface area contributed by atoms with Crippen LogP contribution in [0, 0.1) is 0 Å². The Bertz CT molecular complexity index is 664. The fourth-order valence-electron chi connectivity index (χ4n) is 1.82. The molecule has 0 atom stereocenters. The molecule has 0 saturated carbocycles. The molecule has 2 aromatic rings. The lowest BCUT2D eigenvalue weighted by Gasteiger charge is -2.13. The summed E-state index contributed by atoms with van der Waals surface area (Å²) in [5, 5.41) is 1.39. The zero-order valence-electron chi connectivity index (χ0n) is 12.0. The van der Waals surface area contributed by atoms with Crippen LogP contribution in [0.3, 0.4) is 0 Å². The largest absolute Gasteiger partial charge is 0.520 e. The summed E-state index contributed by atoms with van der Waals surface area (Å²) in [6, 6.07) is 0. The number of nitrogens with zero attached hydrogens (tertiary/aromatic N) is 2. The average Bonchev–Trinajstić information content (AvgIpc) is 3.02. The zero-order chi connectivity index (χ0) is 15.2. The van der Waals surface area contributed by atoms with Crippen LogP contribution in [-0.2, 0) is 13.0 Å². The first kappa shape index (κ1) is 15.2. The fraction of sp³-hybridized carbons (Fsp3) is 0.538. The molecule has 2 rings (SSSR count). The number of aryl methyl sites for hydroxylation is 1. The van der Waals surface area contributed by atoms with Crippen LogP contribution >= 0.6 is 0 Å². The Morgan fingerprint density at radius 2 is 1.95 bits per heavy atom. The highest BCUT2D eigenvalue weighted by atomic mass is 16.6. The maximum atomic E-state index is 11.2. The lowest BCUT2D eigenvalue weighted by Crippen LogP contribution is -2.27. The van der Waals surface area contributed by atoms with E-state index in [2.05, 4.69) is 16.8 Å². The van der Waals surface area contributed by atoms with E-state index >= 15 is 0 Å². The molecule has 21 heavy (non-hydrogen) atoms. The van der Waals surface area contributed by atoms with Crippen molar-refractivity contribution >= 4 is 5.88 Å². The van der Waals surface area contributed by atoms with Gasteiger partial charge in [0.05, 0.1) is 6.54 Å². The molecule has 0 aliphatic heterocycles. The van der Waals surface area contributed by atoms with Crippen molar-refractivity contribution in [2.45, 2.75) is 39.2 Å². The quantitative estimate of drug-likeness (QED) is 0.539. The fourth-order valence-corrected chi connectivity index (χ4v) is 1.82. The van der Waals surface area contributed by atoms with Gasteiger partial charge >= 0.3 is 11.6 Å². The van der Waals surface area contributed by atoms with Gasteiger partial charge in [-0.25, -0.2) is 9.59 Å². The van der Waals surface area contributed by atoms with Crippen molar-refractivity contribution in [2.24, 2.45) is 0 Å². The first-order valence-corrected chi connectivity index (χ1v) is 6.71. The molecule has 0 aliphatic carbocycles. The second kappa shape index (κ2) is 6.98. The van der Waals surface area contributed by atoms with Crippen LogP contribution < -0.4 is 22.1 Å². The summed E-state index contributed by atoms with van der Waals surface area (Å²) in [4.78, 5) is 22.0. The molecule has 0 saturated heterocycles. The third-order valence-electron chi connectivity index (χ3n) is 2.87. The molecule has 0 N–H and O–H groups in total. The van der Waals surface area contributed by atoms with Gasteiger partial charge in [-0.3, -0.25) is 5.01 Å². The third-order valence-corrected chi connectivity index (χ3v) is 2.87. The minimum atomic E-state index is -0.780. The highest BCUT2D eigenvalue weighted by molar-refractivity contribution is 5.35. The highest BCUT2D eigenvalue weighted by Gasteiger charge is 2.18. The van der Waals surface area contributed by atoms with Gasteiger partial charge in [0, 0.05) is 13.5 Å². The van der Waals surface area contributed by atoms with Gasteiger partial charge in [0.2, 0.25) is 0 Å². The predicted molar refractivity (Wildman–Crippen MR) is 72.0 cm³/mol. The lowest BCUT2D eigenvalue weighted by atomic mass is 10.2. The smallest absolute Gasteiger partial charge is 0.399 e. The molecule has 2 heterocycles. The van der Waals surface area contributed by atoms with Crippen molar-refractivity contribution in [3.05, 3.63) is 39.0 Å². The Morgan fingerprint density at radius 1 is 1.14 bits per heavy atom. The number of unbranched alkanes of at least 4 members (excludes halogenated alkanes) is 2. The summed E-state index contributed by atoms with van der Waals surface area (Å²) in [5.74, 6) is -0.521. The van der Waals surface area contributed by atoms with Gasteiger partial charge in [-0.05, 0) is 6.42 Å². The topological polar surface area (TPSA) is 104 Å². The van der Waals surface area contributed by atoms with E-state index in [1.54, 1.807) is 7.05 Å². The van der Waals surface area contributed by atoms with E-state index in [-0.39, 0.29) is 18.2 Å². The Hall–Kier alpha value is -2.22. The summed E-state index contributed by atoms with van der Waals surface area (Å²) in [6.45, 7) is 2.18. The standard InChI is InChI=1S/C13H17N2O6/c1-3-4-5-6-10-11(21-13(17)20-10)15(2)14-7-9-8-18-12(16)19-9/h8H,3-7H2,1-2H3. The molecular weight excluding hydrogens is 280 g/mol. The van der Waals surface area contributed by atoms with Gasteiger partial charge < -0.3 is 17.7 Å². The van der Waals surface area contributed by atoms with Gasteiger partial charge in [0.1, 0.15) is 6.26 Å². The molecule has 0 amide bonds. The molecule has 0 fully saturated rings. The van der Waals surface area contributed by atoms with Crippen LogP contribution in [0.4, 0.5) is 5.88 Å². The monoisotopic (exact) mass is 297 g/mol. The number of hydrogen-bond donors (Lipinski definition) is 0. The van der Waals surface area contributed by atoms with Crippen LogP contribution in [0.15, 0.2) is 33.5 Å². The van der Waals surface area contributed by atoms with Gasteiger partial charge in [0.25, 0.3) is 5.88 Å². The molecule has 1 radical (unpaired) electrons. The molecule has 8 nitrogen and oxygen atoms in total. The average molecular weight is 297 g/mol. The normalized spacial score (nSPS) is 11.0. The summed E-state index contributed by atoms with van der Waals surface area (Å²) in [5.41, 5.74) is 4.13. The second-order valence-corrected chi connectivity index (χ2v) is 4.52. The molecule has 8 heteroatoms. The number of rotatable bonds is 8. The van der Waals surface area contributed by atoms with Gasteiger partial charge in [-0.15, -0.1) is 5.43 Å². The first-order valence-electron chi connectivity index (χ1n) is 6.71. The first-order chi connectivity index (χ1) is 10.1. The van der Waals surface area contributed by atoms with Crippen molar-refractivity contribution < 1.29 is 17.7 Å². The van der Waals surface area contributed by atoms with E-state index in [1.807, 2.05) is 0 Å². The van der Waals surface area contributed by atoms with Crippen LogP contribution in [0.1, 0.15) is 37.7 Å². The maximum absolute atomic E-state index is 11.2. The van der Waals surface area contributed by atoms with Gasteiger partial charge in [0.15, 0.2) is 11.5 Å². The number of hydrogen-bond acceptors (Lipinski definition) is 7. The van der Waals surface area contributed by atoms with E-state index in [0.29, 0.717) is 12.2 Å². The summed E-state index contributed by atoms with van der Waals surface area (Å²) in [6.07, 6.45) is 4.80. The molecule has 0 aliphatic rings.